The molecule has 0 unspecified atom stereocenters. The lowest BCUT2D eigenvalue weighted by atomic mass is 10.2. The normalized spacial score (nSPS) is 9.74. The lowest BCUT2D eigenvalue weighted by Crippen LogP contribution is -1.96. The molecule has 2 rings (SSSR count). The highest BCUT2D eigenvalue weighted by Gasteiger charge is 2.02. The highest BCUT2D eigenvalue weighted by atomic mass is 79.9. The van der Waals surface area contributed by atoms with Gasteiger partial charge in [-0.1, -0.05) is 12.1 Å². The summed E-state index contributed by atoms with van der Waals surface area (Å²) in [6.45, 7) is 0.442. The van der Waals surface area contributed by atoms with Crippen LogP contribution in [0.2, 0.25) is 0 Å². The molecule has 0 spiro atoms. The summed E-state index contributed by atoms with van der Waals surface area (Å²) in [5.74, 6) is 1.47. The number of nitriles is 1. The van der Waals surface area contributed by atoms with Gasteiger partial charge in [0.15, 0.2) is 0 Å². The van der Waals surface area contributed by atoms with Gasteiger partial charge in [-0.3, -0.25) is 0 Å². The van der Waals surface area contributed by atoms with Gasteiger partial charge in [0.1, 0.15) is 18.1 Å². The molecule has 4 heteroatoms. The highest BCUT2D eigenvalue weighted by Crippen LogP contribution is 2.26. The monoisotopic (exact) mass is 317 g/mol. The van der Waals surface area contributed by atoms with Gasteiger partial charge in [-0.15, -0.1) is 0 Å². The molecule has 2 aromatic carbocycles. The zero-order chi connectivity index (χ0) is 13.7. The van der Waals surface area contributed by atoms with E-state index in [0.29, 0.717) is 17.9 Å². The number of hydrogen-bond acceptors (Lipinski definition) is 3. The molecule has 96 valence electrons. The molecule has 0 bridgehead atoms. The van der Waals surface area contributed by atoms with Crippen molar-refractivity contribution in [2.24, 2.45) is 0 Å². The maximum atomic E-state index is 8.82. The number of ether oxygens (including phenoxy) is 2. The number of methoxy groups -OCH3 is 1. The molecule has 0 aliphatic rings. The van der Waals surface area contributed by atoms with E-state index >= 15 is 0 Å². The van der Waals surface area contributed by atoms with Gasteiger partial charge in [0.2, 0.25) is 0 Å². The number of rotatable bonds is 4. The third-order valence-corrected chi connectivity index (χ3v) is 3.20. The lowest BCUT2D eigenvalue weighted by molar-refractivity contribution is 0.306. The van der Waals surface area contributed by atoms with E-state index in [1.165, 1.54) is 0 Å². The first-order chi connectivity index (χ1) is 9.22. The molecule has 0 N–H and O–H groups in total. The fourth-order valence-electron chi connectivity index (χ4n) is 1.62. The number of hydrogen-bond donors (Lipinski definition) is 0. The van der Waals surface area contributed by atoms with E-state index in [1.54, 1.807) is 25.3 Å². The van der Waals surface area contributed by atoms with Gasteiger partial charge >= 0.3 is 0 Å². The fourth-order valence-corrected chi connectivity index (χ4v) is 2.21. The second kappa shape index (κ2) is 6.26. The summed E-state index contributed by atoms with van der Waals surface area (Å²) in [6.07, 6.45) is 0. The minimum Gasteiger partial charge on any atom is -0.496 e. The Labute approximate surface area is 120 Å². The van der Waals surface area contributed by atoms with Gasteiger partial charge < -0.3 is 9.47 Å². The third kappa shape index (κ3) is 3.49. The topological polar surface area (TPSA) is 42.2 Å². The van der Waals surface area contributed by atoms with Crippen molar-refractivity contribution in [3.8, 4) is 17.6 Å². The van der Waals surface area contributed by atoms with Crippen LogP contribution in [-0.4, -0.2) is 7.11 Å². The smallest absolute Gasteiger partial charge is 0.133 e. The molecule has 0 amide bonds. The van der Waals surface area contributed by atoms with Gasteiger partial charge in [-0.25, -0.2) is 0 Å². The number of halogens is 1. The van der Waals surface area contributed by atoms with Crippen LogP contribution in [0.1, 0.15) is 11.1 Å². The van der Waals surface area contributed by atoms with Crippen LogP contribution in [0.4, 0.5) is 0 Å². The quantitative estimate of drug-likeness (QED) is 0.858. The van der Waals surface area contributed by atoms with Crippen LogP contribution < -0.4 is 9.47 Å². The SMILES string of the molecule is COc1ccc(COc2cccc(C#N)c2)cc1Br. The average molecular weight is 318 g/mol. The molecule has 0 saturated heterocycles. The fraction of sp³-hybridized carbons (Fsp3) is 0.133. The molecule has 0 saturated carbocycles. The second-order valence-corrected chi connectivity index (χ2v) is 4.75. The Morgan fingerprint density at radius 3 is 2.74 bits per heavy atom. The minimum absolute atomic E-state index is 0.442. The molecular weight excluding hydrogens is 306 g/mol. The Hall–Kier alpha value is -1.99. The van der Waals surface area contributed by atoms with Crippen LogP contribution in [0.5, 0.6) is 11.5 Å². The Morgan fingerprint density at radius 1 is 1.21 bits per heavy atom. The van der Waals surface area contributed by atoms with Crippen molar-refractivity contribution in [3.63, 3.8) is 0 Å². The molecule has 3 nitrogen and oxygen atoms in total. The summed E-state index contributed by atoms with van der Waals surface area (Å²) < 4.78 is 11.7. The van der Waals surface area contributed by atoms with Crippen molar-refractivity contribution in [3.05, 3.63) is 58.1 Å². The Bertz CT molecular complexity index is 620. The average Bonchev–Trinajstić information content (AvgIpc) is 2.45. The van der Waals surface area contributed by atoms with Crippen molar-refractivity contribution >= 4 is 15.9 Å². The number of benzene rings is 2. The van der Waals surface area contributed by atoms with Crippen molar-refractivity contribution in [2.75, 3.05) is 7.11 Å². The molecule has 0 aliphatic carbocycles. The Morgan fingerprint density at radius 2 is 2.05 bits per heavy atom. The van der Waals surface area contributed by atoms with E-state index in [-0.39, 0.29) is 0 Å². The van der Waals surface area contributed by atoms with Crippen LogP contribution in [0.3, 0.4) is 0 Å². The largest absolute Gasteiger partial charge is 0.496 e. The van der Waals surface area contributed by atoms with Crippen molar-refractivity contribution < 1.29 is 9.47 Å². The van der Waals surface area contributed by atoms with E-state index < -0.39 is 0 Å². The van der Waals surface area contributed by atoms with Gasteiger partial charge in [0, 0.05) is 0 Å². The molecule has 19 heavy (non-hydrogen) atoms. The standard InChI is InChI=1S/C15H12BrNO2/c1-18-15-6-5-12(8-14(15)16)10-19-13-4-2-3-11(7-13)9-17/h2-8H,10H2,1H3. The third-order valence-electron chi connectivity index (χ3n) is 2.58. The van der Waals surface area contributed by atoms with Crippen molar-refractivity contribution in [1.29, 1.82) is 5.26 Å². The summed E-state index contributed by atoms with van der Waals surface area (Å²) in [7, 11) is 1.63. The van der Waals surface area contributed by atoms with Crippen molar-refractivity contribution in [1.82, 2.24) is 0 Å². The van der Waals surface area contributed by atoms with Gasteiger partial charge in [0.25, 0.3) is 0 Å². The maximum absolute atomic E-state index is 8.82. The molecule has 0 heterocycles. The molecule has 2 aromatic rings. The highest BCUT2D eigenvalue weighted by molar-refractivity contribution is 9.10. The van der Waals surface area contributed by atoms with E-state index in [0.717, 1.165) is 15.8 Å². The number of nitrogens with zero attached hydrogens (tertiary/aromatic N) is 1. The molecule has 0 atom stereocenters. The first kappa shape index (κ1) is 13.4. The Balaban J connectivity index is 2.06. The Kier molecular flexibility index (Phi) is 4.43. The van der Waals surface area contributed by atoms with Crippen LogP contribution in [0.15, 0.2) is 46.9 Å². The van der Waals surface area contributed by atoms with Crippen molar-refractivity contribution in [2.45, 2.75) is 6.61 Å². The summed E-state index contributed by atoms with van der Waals surface area (Å²) >= 11 is 3.43. The van der Waals surface area contributed by atoms with Crippen LogP contribution in [-0.2, 0) is 6.61 Å². The summed E-state index contributed by atoms with van der Waals surface area (Å²) in [4.78, 5) is 0. The maximum Gasteiger partial charge on any atom is 0.133 e. The second-order valence-electron chi connectivity index (χ2n) is 3.90. The summed E-state index contributed by atoms with van der Waals surface area (Å²) in [5, 5.41) is 8.82. The van der Waals surface area contributed by atoms with Crippen LogP contribution in [0.25, 0.3) is 0 Å². The van der Waals surface area contributed by atoms with Gasteiger partial charge in [-0.05, 0) is 51.8 Å². The lowest BCUT2D eigenvalue weighted by Gasteiger charge is -2.08. The molecule has 0 aromatic heterocycles. The predicted molar refractivity (Wildman–Crippen MR) is 76.2 cm³/mol. The molecule has 0 fully saturated rings. The minimum atomic E-state index is 0.442. The first-order valence-electron chi connectivity index (χ1n) is 5.68. The van der Waals surface area contributed by atoms with Gasteiger partial charge in [0.05, 0.1) is 23.2 Å². The molecule has 0 radical (unpaired) electrons. The first-order valence-corrected chi connectivity index (χ1v) is 6.47. The molecule has 0 aliphatic heterocycles. The summed E-state index contributed by atoms with van der Waals surface area (Å²) in [6, 6.07) is 15.0. The van der Waals surface area contributed by atoms with E-state index in [9.17, 15) is 0 Å². The van der Waals surface area contributed by atoms with Gasteiger partial charge in [-0.2, -0.15) is 5.26 Å². The van der Waals surface area contributed by atoms with Crippen LogP contribution in [0, 0.1) is 11.3 Å². The van der Waals surface area contributed by atoms with E-state index in [2.05, 4.69) is 22.0 Å². The van der Waals surface area contributed by atoms with E-state index in [1.807, 2.05) is 24.3 Å². The zero-order valence-electron chi connectivity index (χ0n) is 10.4. The van der Waals surface area contributed by atoms with E-state index in [4.69, 9.17) is 14.7 Å². The predicted octanol–water partition coefficient (Wildman–Crippen LogP) is 3.91. The summed E-state index contributed by atoms with van der Waals surface area (Å²) in [5.41, 5.74) is 1.61. The molecular formula is C15H12BrNO2. The zero-order valence-corrected chi connectivity index (χ0v) is 12.0. The van der Waals surface area contributed by atoms with Crippen LogP contribution >= 0.6 is 15.9 Å².